The fraction of sp³-hybridized carbons (Fsp3) is 0.579. The lowest BCUT2D eigenvalue weighted by molar-refractivity contribution is -0.143. The Morgan fingerprint density at radius 2 is 1.92 bits per heavy atom. The summed E-state index contributed by atoms with van der Waals surface area (Å²) >= 11 is 0. The van der Waals surface area contributed by atoms with Crippen molar-refractivity contribution in [3.8, 4) is 0 Å². The van der Waals surface area contributed by atoms with Crippen molar-refractivity contribution >= 4 is 12.0 Å². The zero-order chi connectivity index (χ0) is 17.1. The van der Waals surface area contributed by atoms with E-state index in [9.17, 15) is 14.7 Å². The fourth-order valence-electron chi connectivity index (χ4n) is 4.18. The number of carboxylic acids is 1. The van der Waals surface area contributed by atoms with E-state index in [0.29, 0.717) is 25.4 Å². The minimum atomic E-state index is -0.803. The first kappa shape index (κ1) is 16.8. The second kappa shape index (κ2) is 7.24. The zero-order valence-corrected chi connectivity index (χ0v) is 14.1. The normalized spacial score (nSPS) is 30.1. The van der Waals surface area contributed by atoms with Gasteiger partial charge in [-0.3, -0.25) is 4.79 Å². The van der Waals surface area contributed by atoms with Crippen LogP contribution in [0.15, 0.2) is 30.3 Å². The third kappa shape index (κ3) is 3.71. The van der Waals surface area contributed by atoms with Crippen LogP contribution in [0.25, 0.3) is 0 Å². The number of rotatable bonds is 3. The lowest BCUT2D eigenvalue weighted by Gasteiger charge is -2.36. The standard InChI is InChI=1S/C19H26N2O3/c1-13-10-15(18(22)23)12-21(11-13)19(24)20-17-9-5-8-16(17)14-6-3-2-4-7-14/h2-4,6-7,13,15-17H,5,8-12H2,1H3,(H,20,24)(H,22,23)/t13?,15?,16-,17+/m0/s1. The molecule has 4 atom stereocenters. The average Bonchev–Trinajstić information content (AvgIpc) is 3.03. The predicted octanol–water partition coefficient (Wildman–Crippen LogP) is 3.07. The maximum absolute atomic E-state index is 12.7. The third-order valence-electron chi connectivity index (χ3n) is 5.35. The molecule has 1 heterocycles. The molecular weight excluding hydrogens is 304 g/mol. The molecule has 1 aliphatic carbocycles. The van der Waals surface area contributed by atoms with Gasteiger partial charge in [0.2, 0.25) is 0 Å². The van der Waals surface area contributed by atoms with E-state index in [1.54, 1.807) is 4.90 Å². The molecule has 3 rings (SSSR count). The van der Waals surface area contributed by atoms with Gasteiger partial charge in [-0.05, 0) is 30.7 Å². The molecule has 2 unspecified atom stereocenters. The van der Waals surface area contributed by atoms with Crippen molar-refractivity contribution in [1.29, 1.82) is 0 Å². The van der Waals surface area contributed by atoms with E-state index in [4.69, 9.17) is 0 Å². The molecule has 2 amide bonds. The Bertz CT molecular complexity index is 590. The van der Waals surface area contributed by atoms with Gasteiger partial charge in [0.1, 0.15) is 0 Å². The summed E-state index contributed by atoms with van der Waals surface area (Å²) in [6.45, 7) is 2.96. The van der Waals surface area contributed by atoms with Crippen molar-refractivity contribution in [2.24, 2.45) is 11.8 Å². The minimum Gasteiger partial charge on any atom is -0.481 e. The highest BCUT2D eigenvalue weighted by molar-refractivity contribution is 5.77. The van der Waals surface area contributed by atoms with E-state index in [1.807, 2.05) is 25.1 Å². The molecule has 1 aliphatic heterocycles. The van der Waals surface area contributed by atoms with Gasteiger partial charge in [-0.1, -0.05) is 43.7 Å². The third-order valence-corrected chi connectivity index (χ3v) is 5.35. The van der Waals surface area contributed by atoms with Crippen molar-refractivity contribution in [1.82, 2.24) is 10.2 Å². The van der Waals surface area contributed by atoms with E-state index in [2.05, 4.69) is 17.4 Å². The lowest BCUT2D eigenvalue weighted by Crippen LogP contribution is -2.52. The van der Waals surface area contributed by atoms with Crippen LogP contribution < -0.4 is 5.32 Å². The Labute approximate surface area is 143 Å². The molecular formula is C19H26N2O3. The van der Waals surface area contributed by atoms with Crippen molar-refractivity contribution < 1.29 is 14.7 Å². The Kier molecular flexibility index (Phi) is 5.07. The summed E-state index contributed by atoms with van der Waals surface area (Å²) in [6, 6.07) is 10.4. The molecule has 0 radical (unpaired) electrons. The number of hydrogen-bond acceptors (Lipinski definition) is 2. The highest BCUT2D eigenvalue weighted by Crippen LogP contribution is 2.34. The summed E-state index contributed by atoms with van der Waals surface area (Å²) in [5.74, 6) is -0.679. The number of hydrogen-bond donors (Lipinski definition) is 2. The minimum absolute atomic E-state index is 0.111. The lowest BCUT2D eigenvalue weighted by atomic mass is 9.90. The van der Waals surface area contributed by atoms with Gasteiger partial charge in [0.25, 0.3) is 0 Å². The van der Waals surface area contributed by atoms with Crippen LogP contribution in [-0.4, -0.2) is 41.1 Å². The summed E-state index contributed by atoms with van der Waals surface area (Å²) in [7, 11) is 0. The van der Waals surface area contributed by atoms with Crippen molar-refractivity contribution in [3.05, 3.63) is 35.9 Å². The van der Waals surface area contributed by atoms with E-state index >= 15 is 0 Å². The molecule has 1 saturated heterocycles. The molecule has 0 aromatic heterocycles. The number of aliphatic carboxylic acids is 1. The molecule has 0 spiro atoms. The molecule has 2 fully saturated rings. The van der Waals surface area contributed by atoms with Crippen LogP contribution in [0.2, 0.25) is 0 Å². The monoisotopic (exact) mass is 330 g/mol. The second-order valence-corrected chi connectivity index (χ2v) is 7.29. The summed E-state index contributed by atoms with van der Waals surface area (Å²) in [5.41, 5.74) is 1.27. The number of amides is 2. The average molecular weight is 330 g/mol. The molecule has 0 bridgehead atoms. The quantitative estimate of drug-likeness (QED) is 0.895. The number of carbonyl (C=O) groups excluding carboxylic acids is 1. The molecule has 2 N–H and O–H groups in total. The van der Waals surface area contributed by atoms with Crippen LogP contribution in [0.1, 0.15) is 44.1 Å². The van der Waals surface area contributed by atoms with Crippen LogP contribution in [0, 0.1) is 11.8 Å². The molecule has 5 nitrogen and oxygen atoms in total. The Balaban J connectivity index is 1.64. The first-order chi connectivity index (χ1) is 11.5. The largest absolute Gasteiger partial charge is 0.481 e. The summed E-state index contributed by atoms with van der Waals surface area (Å²) in [5, 5.41) is 12.4. The van der Waals surface area contributed by atoms with Gasteiger partial charge in [-0.2, -0.15) is 0 Å². The first-order valence-electron chi connectivity index (χ1n) is 8.87. The molecule has 130 valence electrons. The predicted molar refractivity (Wildman–Crippen MR) is 91.8 cm³/mol. The van der Waals surface area contributed by atoms with Gasteiger partial charge in [0.15, 0.2) is 0 Å². The second-order valence-electron chi connectivity index (χ2n) is 7.29. The topological polar surface area (TPSA) is 69.6 Å². The van der Waals surface area contributed by atoms with Gasteiger partial charge in [0, 0.05) is 25.0 Å². The molecule has 1 aromatic rings. The van der Waals surface area contributed by atoms with Crippen LogP contribution in [0.3, 0.4) is 0 Å². The van der Waals surface area contributed by atoms with Crippen LogP contribution in [-0.2, 0) is 4.79 Å². The SMILES string of the molecule is CC1CC(C(=O)O)CN(C(=O)N[C@@H]2CCC[C@H]2c2ccccc2)C1. The van der Waals surface area contributed by atoms with Crippen molar-refractivity contribution in [2.45, 2.75) is 44.6 Å². The highest BCUT2D eigenvalue weighted by atomic mass is 16.4. The van der Waals surface area contributed by atoms with Crippen LogP contribution in [0.5, 0.6) is 0 Å². The van der Waals surface area contributed by atoms with E-state index in [-0.39, 0.29) is 18.0 Å². The van der Waals surface area contributed by atoms with Crippen molar-refractivity contribution in [2.75, 3.05) is 13.1 Å². The number of urea groups is 1. The maximum atomic E-state index is 12.7. The number of likely N-dealkylation sites (tertiary alicyclic amines) is 1. The van der Waals surface area contributed by atoms with E-state index < -0.39 is 11.9 Å². The molecule has 24 heavy (non-hydrogen) atoms. The van der Waals surface area contributed by atoms with Crippen LogP contribution >= 0.6 is 0 Å². The Morgan fingerprint density at radius 3 is 2.62 bits per heavy atom. The van der Waals surface area contributed by atoms with E-state index in [0.717, 1.165) is 19.3 Å². The number of piperidine rings is 1. The number of benzene rings is 1. The summed E-state index contributed by atoms with van der Waals surface area (Å²) < 4.78 is 0. The van der Waals surface area contributed by atoms with Gasteiger partial charge in [-0.15, -0.1) is 0 Å². The zero-order valence-electron chi connectivity index (χ0n) is 14.1. The number of nitrogens with zero attached hydrogens (tertiary/aromatic N) is 1. The van der Waals surface area contributed by atoms with Crippen LogP contribution in [0.4, 0.5) is 4.79 Å². The van der Waals surface area contributed by atoms with Crippen molar-refractivity contribution in [3.63, 3.8) is 0 Å². The first-order valence-corrected chi connectivity index (χ1v) is 8.87. The number of nitrogens with one attached hydrogen (secondary N) is 1. The molecule has 5 heteroatoms. The summed E-state index contributed by atoms with van der Waals surface area (Å²) in [6.07, 6.45) is 3.83. The molecule has 1 aromatic carbocycles. The number of carboxylic acid groups (broad SMARTS) is 1. The smallest absolute Gasteiger partial charge is 0.317 e. The van der Waals surface area contributed by atoms with Gasteiger partial charge in [0.05, 0.1) is 5.92 Å². The maximum Gasteiger partial charge on any atom is 0.317 e. The van der Waals surface area contributed by atoms with Gasteiger partial charge >= 0.3 is 12.0 Å². The fourth-order valence-corrected chi connectivity index (χ4v) is 4.18. The highest BCUT2D eigenvalue weighted by Gasteiger charge is 2.35. The summed E-state index contributed by atoms with van der Waals surface area (Å²) in [4.78, 5) is 25.6. The van der Waals surface area contributed by atoms with E-state index in [1.165, 1.54) is 5.56 Å². The van der Waals surface area contributed by atoms with Gasteiger partial charge in [-0.25, -0.2) is 4.79 Å². The van der Waals surface area contributed by atoms with Gasteiger partial charge < -0.3 is 15.3 Å². The Morgan fingerprint density at radius 1 is 1.17 bits per heavy atom. The number of carbonyl (C=O) groups is 2. The molecule has 1 saturated carbocycles. The molecule has 2 aliphatic rings. The Hall–Kier alpha value is -2.04.